The lowest BCUT2D eigenvalue weighted by molar-refractivity contribution is 1.43. The quantitative estimate of drug-likeness (QED) is 0.128. The smallest absolute Gasteiger partial charge is 0.0794 e. The van der Waals surface area contributed by atoms with Crippen molar-refractivity contribution in [3.8, 4) is 44.6 Å². The Labute approximate surface area is 358 Å². The highest BCUT2D eigenvalue weighted by Crippen LogP contribution is 2.47. The van der Waals surface area contributed by atoms with Gasteiger partial charge in [-0.25, -0.2) is 4.98 Å². The molecule has 0 bridgehead atoms. The number of benzene rings is 12. The van der Waals surface area contributed by atoms with E-state index in [9.17, 15) is 0 Å². The Morgan fingerprint density at radius 3 is 1.26 bits per heavy atom. The summed E-state index contributed by atoms with van der Waals surface area (Å²) in [6.45, 7) is 0. The Morgan fingerprint density at radius 2 is 0.645 bits per heavy atom. The van der Waals surface area contributed by atoms with Crippen LogP contribution in [-0.2, 0) is 0 Å². The zero-order valence-corrected chi connectivity index (χ0v) is 33.8. The highest BCUT2D eigenvalue weighted by atomic mass is 14.7. The summed E-state index contributed by atoms with van der Waals surface area (Å²) in [5, 5.41) is 18.6. The Kier molecular flexibility index (Phi) is 7.67. The standard InChI is InChI=1S/C61H37N/c1-3-15-42-35-45(31-27-38(42)13-1)57-51-21-9-10-22-52(51)58(46-32-28-39-14-2-4-16-43(39)36-46)55-37-44(33-34-53(55)57)40-25-29-41(30-26-40)61-60-50-20-8-6-18-48(50)47-17-5-7-19-49(47)59(60)54-23-11-12-24-56(54)62-61/h1-37H. The maximum Gasteiger partial charge on any atom is 0.0794 e. The lowest BCUT2D eigenvalue weighted by Gasteiger charge is -2.19. The molecule has 0 radical (unpaired) electrons. The van der Waals surface area contributed by atoms with Gasteiger partial charge in [0.1, 0.15) is 0 Å². The van der Waals surface area contributed by atoms with Gasteiger partial charge >= 0.3 is 0 Å². The average Bonchev–Trinajstić information content (AvgIpc) is 3.35. The summed E-state index contributed by atoms with van der Waals surface area (Å²) in [5.74, 6) is 0. The van der Waals surface area contributed by atoms with Crippen molar-refractivity contribution in [2.45, 2.75) is 0 Å². The van der Waals surface area contributed by atoms with E-state index >= 15 is 0 Å². The van der Waals surface area contributed by atoms with Crippen molar-refractivity contribution in [3.63, 3.8) is 0 Å². The van der Waals surface area contributed by atoms with E-state index in [0.29, 0.717) is 0 Å². The van der Waals surface area contributed by atoms with Gasteiger partial charge in [0.15, 0.2) is 0 Å². The average molecular weight is 784 g/mol. The van der Waals surface area contributed by atoms with Crippen LogP contribution in [0.25, 0.3) is 131 Å². The number of para-hydroxylation sites is 1. The first kappa shape index (κ1) is 34.7. The molecule has 0 N–H and O–H groups in total. The van der Waals surface area contributed by atoms with Crippen LogP contribution in [0.3, 0.4) is 0 Å². The molecule has 62 heavy (non-hydrogen) atoms. The zero-order chi connectivity index (χ0) is 40.7. The fourth-order valence-electron chi connectivity index (χ4n) is 10.3. The van der Waals surface area contributed by atoms with Crippen molar-refractivity contribution in [2.24, 2.45) is 0 Å². The predicted molar refractivity (Wildman–Crippen MR) is 266 cm³/mol. The number of hydrogen-bond acceptors (Lipinski definition) is 1. The van der Waals surface area contributed by atoms with Crippen LogP contribution in [0.2, 0.25) is 0 Å². The fourth-order valence-corrected chi connectivity index (χ4v) is 10.3. The molecule has 1 heteroatoms. The number of fused-ring (bicyclic) bond motifs is 12. The maximum absolute atomic E-state index is 5.43. The molecule has 0 unspecified atom stereocenters. The van der Waals surface area contributed by atoms with Gasteiger partial charge in [-0.2, -0.15) is 0 Å². The lowest BCUT2D eigenvalue weighted by atomic mass is 9.84. The summed E-state index contributed by atoms with van der Waals surface area (Å²) in [6.07, 6.45) is 0. The van der Waals surface area contributed by atoms with E-state index in [2.05, 4.69) is 224 Å². The van der Waals surface area contributed by atoms with Crippen molar-refractivity contribution >= 4 is 86.3 Å². The zero-order valence-electron chi connectivity index (χ0n) is 33.8. The largest absolute Gasteiger partial charge is 0.247 e. The predicted octanol–water partition coefficient (Wildman–Crippen LogP) is 17.0. The van der Waals surface area contributed by atoms with Gasteiger partial charge in [0.25, 0.3) is 0 Å². The van der Waals surface area contributed by atoms with Gasteiger partial charge < -0.3 is 0 Å². The normalized spacial score (nSPS) is 11.9. The van der Waals surface area contributed by atoms with E-state index in [1.54, 1.807) is 0 Å². The number of pyridine rings is 1. The van der Waals surface area contributed by atoms with Gasteiger partial charge in [-0.15, -0.1) is 0 Å². The van der Waals surface area contributed by atoms with Crippen molar-refractivity contribution < 1.29 is 0 Å². The molecule has 0 saturated carbocycles. The fraction of sp³-hybridized carbons (Fsp3) is 0. The molecule has 0 saturated heterocycles. The van der Waals surface area contributed by atoms with Gasteiger partial charge in [0, 0.05) is 21.7 Å². The van der Waals surface area contributed by atoms with Crippen LogP contribution in [0, 0.1) is 0 Å². The Balaban J connectivity index is 1.04. The second kappa shape index (κ2) is 13.7. The van der Waals surface area contributed by atoms with E-state index < -0.39 is 0 Å². The van der Waals surface area contributed by atoms with E-state index in [0.717, 1.165) is 16.8 Å². The first-order valence-electron chi connectivity index (χ1n) is 21.4. The SMILES string of the molecule is c1ccc2cc(-c3c4ccccc4c(-c4ccc5ccccc5c4)c4cc(-c5ccc(-c6nc7ccccc7c7c8ccccc8c8ccccc8c67)cc5)ccc34)ccc2c1. The minimum atomic E-state index is 1.00. The molecule has 1 heterocycles. The molecule has 0 amide bonds. The third kappa shape index (κ3) is 5.32. The van der Waals surface area contributed by atoms with E-state index in [1.807, 2.05) is 0 Å². The molecular weight excluding hydrogens is 747 g/mol. The third-order valence-electron chi connectivity index (χ3n) is 13.2. The first-order chi connectivity index (χ1) is 30.7. The van der Waals surface area contributed by atoms with Crippen molar-refractivity contribution in [1.82, 2.24) is 4.98 Å². The Morgan fingerprint density at radius 1 is 0.226 bits per heavy atom. The monoisotopic (exact) mass is 783 g/mol. The van der Waals surface area contributed by atoms with E-state index in [1.165, 1.54) is 114 Å². The van der Waals surface area contributed by atoms with Crippen LogP contribution in [0.15, 0.2) is 224 Å². The molecule has 12 aromatic carbocycles. The molecule has 13 rings (SSSR count). The summed E-state index contributed by atoms with van der Waals surface area (Å²) in [6, 6.07) is 82.5. The summed E-state index contributed by atoms with van der Waals surface area (Å²) in [7, 11) is 0. The van der Waals surface area contributed by atoms with Gasteiger partial charge in [-0.1, -0.05) is 200 Å². The summed E-state index contributed by atoms with van der Waals surface area (Å²) in [5.41, 5.74) is 10.4. The minimum Gasteiger partial charge on any atom is -0.247 e. The van der Waals surface area contributed by atoms with E-state index in [4.69, 9.17) is 4.98 Å². The minimum absolute atomic E-state index is 1.00. The van der Waals surface area contributed by atoms with Crippen LogP contribution in [0.4, 0.5) is 0 Å². The molecule has 1 nitrogen and oxygen atoms in total. The Bertz CT molecular complexity index is 3970. The van der Waals surface area contributed by atoms with Gasteiger partial charge in [0.05, 0.1) is 11.2 Å². The number of nitrogens with zero attached hydrogens (tertiary/aromatic N) is 1. The molecule has 0 aliphatic heterocycles. The van der Waals surface area contributed by atoms with Crippen LogP contribution >= 0.6 is 0 Å². The maximum atomic E-state index is 5.43. The molecule has 286 valence electrons. The molecule has 0 aliphatic rings. The van der Waals surface area contributed by atoms with Crippen LogP contribution in [-0.4, -0.2) is 4.98 Å². The lowest BCUT2D eigenvalue weighted by Crippen LogP contribution is -1.93. The van der Waals surface area contributed by atoms with Crippen LogP contribution < -0.4 is 0 Å². The summed E-state index contributed by atoms with van der Waals surface area (Å²) >= 11 is 0. The van der Waals surface area contributed by atoms with Gasteiger partial charge in [-0.05, 0) is 122 Å². The Hall–Kier alpha value is -8.13. The van der Waals surface area contributed by atoms with Crippen LogP contribution in [0.5, 0.6) is 0 Å². The number of aromatic nitrogens is 1. The van der Waals surface area contributed by atoms with Crippen LogP contribution in [0.1, 0.15) is 0 Å². The topological polar surface area (TPSA) is 12.9 Å². The van der Waals surface area contributed by atoms with E-state index in [-0.39, 0.29) is 0 Å². The number of hydrogen-bond donors (Lipinski definition) is 0. The van der Waals surface area contributed by atoms with Crippen molar-refractivity contribution in [1.29, 1.82) is 0 Å². The molecular formula is C61H37N. The highest BCUT2D eigenvalue weighted by Gasteiger charge is 2.20. The summed E-state index contributed by atoms with van der Waals surface area (Å²) in [4.78, 5) is 5.43. The molecule has 1 aromatic heterocycles. The molecule has 0 spiro atoms. The van der Waals surface area contributed by atoms with Crippen molar-refractivity contribution in [2.75, 3.05) is 0 Å². The third-order valence-corrected chi connectivity index (χ3v) is 13.2. The summed E-state index contributed by atoms with van der Waals surface area (Å²) < 4.78 is 0. The molecule has 13 aromatic rings. The number of rotatable bonds is 4. The second-order valence-electron chi connectivity index (χ2n) is 16.6. The first-order valence-corrected chi connectivity index (χ1v) is 21.4. The molecule has 0 fully saturated rings. The van der Waals surface area contributed by atoms with Gasteiger partial charge in [0.2, 0.25) is 0 Å². The second-order valence-corrected chi connectivity index (χ2v) is 16.6. The molecule has 0 atom stereocenters. The molecule has 0 aliphatic carbocycles. The highest BCUT2D eigenvalue weighted by molar-refractivity contribution is 6.33. The van der Waals surface area contributed by atoms with Gasteiger partial charge in [-0.3, -0.25) is 0 Å². The van der Waals surface area contributed by atoms with Crippen molar-refractivity contribution in [3.05, 3.63) is 224 Å².